The Labute approximate surface area is 166 Å². The second-order valence-electron chi connectivity index (χ2n) is 6.92. The maximum absolute atomic E-state index is 12.6. The summed E-state index contributed by atoms with van der Waals surface area (Å²) >= 11 is 0. The summed E-state index contributed by atoms with van der Waals surface area (Å²) in [6.07, 6.45) is -4.78. The molecular formula is C20H22F3N3O3. The number of hydrogen-bond acceptors (Lipinski definition) is 5. The Balaban J connectivity index is 2.14. The fraction of sp³-hybridized carbons (Fsp3) is 0.400. The smallest absolute Gasteiger partial charge is 0.406 e. The molecule has 6 nitrogen and oxygen atoms in total. The van der Waals surface area contributed by atoms with E-state index in [1.807, 2.05) is 0 Å². The average molecular weight is 409 g/mol. The zero-order chi connectivity index (χ0) is 21.8. The second kappa shape index (κ2) is 9.02. The normalized spacial score (nSPS) is 12.6. The van der Waals surface area contributed by atoms with Crippen molar-refractivity contribution in [3.8, 4) is 5.75 Å². The van der Waals surface area contributed by atoms with E-state index >= 15 is 0 Å². The van der Waals surface area contributed by atoms with Crippen molar-refractivity contribution < 1.29 is 27.5 Å². The van der Waals surface area contributed by atoms with Gasteiger partial charge in [-0.3, -0.25) is 9.59 Å². The molecule has 1 atom stereocenters. The fourth-order valence-corrected chi connectivity index (χ4v) is 2.52. The molecule has 0 spiro atoms. The summed E-state index contributed by atoms with van der Waals surface area (Å²) in [5.41, 5.74) is 1.05. The number of Topliss-reactive ketones (excluding diaryl/α,β-unsaturated/α-hetero) is 1. The predicted octanol–water partition coefficient (Wildman–Crippen LogP) is 3.94. The zero-order valence-electron chi connectivity index (χ0n) is 16.5. The number of ether oxygens (including phenoxy) is 1. The van der Waals surface area contributed by atoms with Crippen LogP contribution in [0.15, 0.2) is 30.3 Å². The number of ketones is 1. The molecule has 2 aromatic rings. The topological polar surface area (TPSA) is 81.2 Å². The van der Waals surface area contributed by atoms with Crippen molar-refractivity contribution in [2.45, 2.75) is 46.5 Å². The first-order chi connectivity index (χ1) is 13.4. The van der Waals surface area contributed by atoms with Crippen LogP contribution < -0.4 is 10.1 Å². The third-order valence-corrected chi connectivity index (χ3v) is 4.05. The molecule has 0 radical (unpaired) electrons. The van der Waals surface area contributed by atoms with E-state index in [9.17, 15) is 22.8 Å². The second-order valence-corrected chi connectivity index (χ2v) is 6.92. The number of alkyl halides is 3. The van der Waals surface area contributed by atoms with E-state index in [2.05, 4.69) is 20.0 Å². The Morgan fingerprint density at radius 3 is 2.45 bits per heavy atom. The van der Waals surface area contributed by atoms with Gasteiger partial charge in [-0.2, -0.15) is 0 Å². The summed E-state index contributed by atoms with van der Waals surface area (Å²) in [5.74, 6) is -0.867. The molecule has 156 valence electrons. The lowest BCUT2D eigenvalue weighted by atomic mass is 10.1. The van der Waals surface area contributed by atoms with E-state index in [1.165, 1.54) is 24.3 Å². The molecule has 9 heteroatoms. The molecule has 1 heterocycles. The SMILES string of the molecule is Cc1cc(C(=O)NC(C)c2cccc(OC(F)(F)F)c2)nc(CC(=O)C(C)C)n1. The monoisotopic (exact) mass is 409 g/mol. The summed E-state index contributed by atoms with van der Waals surface area (Å²) < 4.78 is 41.1. The minimum absolute atomic E-state index is 0.0198. The van der Waals surface area contributed by atoms with Crippen molar-refractivity contribution in [2.75, 3.05) is 0 Å². The number of halogens is 3. The van der Waals surface area contributed by atoms with Crippen molar-refractivity contribution in [1.29, 1.82) is 0 Å². The summed E-state index contributed by atoms with van der Waals surface area (Å²) in [5, 5.41) is 2.68. The van der Waals surface area contributed by atoms with E-state index in [4.69, 9.17) is 0 Å². The van der Waals surface area contributed by atoms with Gasteiger partial charge in [0.05, 0.1) is 12.5 Å². The highest BCUT2D eigenvalue weighted by Gasteiger charge is 2.31. The molecule has 0 aliphatic carbocycles. The van der Waals surface area contributed by atoms with Crippen molar-refractivity contribution in [2.24, 2.45) is 5.92 Å². The van der Waals surface area contributed by atoms with Gasteiger partial charge in [0.15, 0.2) is 0 Å². The summed E-state index contributed by atoms with van der Waals surface area (Å²) in [6, 6.07) is 6.24. The molecule has 1 aromatic carbocycles. The number of nitrogens with one attached hydrogen (secondary N) is 1. The highest BCUT2D eigenvalue weighted by molar-refractivity contribution is 5.92. The number of benzene rings is 1. The maximum Gasteiger partial charge on any atom is 0.573 e. The molecular weight excluding hydrogens is 387 g/mol. The highest BCUT2D eigenvalue weighted by Crippen LogP contribution is 2.25. The first-order valence-corrected chi connectivity index (χ1v) is 8.98. The summed E-state index contributed by atoms with van der Waals surface area (Å²) in [6.45, 7) is 6.85. The summed E-state index contributed by atoms with van der Waals surface area (Å²) in [7, 11) is 0. The van der Waals surface area contributed by atoms with Crippen molar-refractivity contribution >= 4 is 11.7 Å². The average Bonchev–Trinajstić information content (AvgIpc) is 2.59. The first kappa shape index (κ1) is 22.3. The van der Waals surface area contributed by atoms with Crippen LogP contribution in [0.25, 0.3) is 0 Å². The third kappa shape index (κ3) is 6.85. The Hall–Kier alpha value is -2.97. The minimum atomic E-state index is -4.80. The molecule has 2 rings (SSSR count). The van der Waals surface area contributed by atoms with Gasteiger partial charge in [0, 0.05) is 11.6 Å². The van der Waals surface area contributed by atoms with Gasteiger partial charge >= 0.3 is 6.36 Å². The molecule has 0 saturated heterocycles. The van der Waals surface area contributed by atoms with Crippen LogP contribution in [0.1, 0.15) is 54.4 Å². The van der Waals surface area contributed by atoms with Gasteiger partial charge in [-0.25, -0.2) is 9.97 Å². The minimum Gasteiger partial charge on any atom is -0.406 e. The lowest BCUT2D eigenvalue weighted by Crippen LogP contribution is -2.28. The molecule has 29 heavy (non-hydrogen) atoms. The number of carbonyl (C=O) groups is 2. The largest absolute Gasteiger partial charge is 0.573 e. The Morgan fingerprint density at radius 2 is 1.83 bits per heavy atom. The molecule has 1 amide bonds. The van der Waals surface area contributed by atoms with Gasteiger partial charge in [0.1, 0.15) is 23.1 Å². The standard InChI is InChI=1S/C20H22F3N3O3/c1-11(2)17(27)10-18-24-12(3)8-16(26-18)19(28)25-13(4)14-6-5-7-15(9-14)29-20(21,22)23/h5-9,11,13H,10H2,1-4H3,(H,25,28). The molecule has 1 N–H and O–H groups in total. The Morgan fingerprint density at radius 1 is 1.14 bits per heavy atom. The van der Waals surface area contributed by atoms with Crippen molar-refractivity contribution in [1.82, 2.24) is 15.3 Å². The van der Waals surface area contributed by atoms with Gasteiger partial charge in [0.25, 0.3) is 5.91 Å². The molecule has 0 aliphatic rings. The Kier molecular flexibility index (Phi) is 6.94. The van der Waals surface area contributed by atoms with Gasteiger partial charge in [-0.05, 0) is 37.6 Å². The molecule has 0 fully saturated rings. The molecule has 1 aromatic heterocycles. The van der Waals surface area contributed by atoms with Crippen LogP contribution in [0.5, 0.6) is 5.75 Å². The van der Waals surface area contributed by atoms with Crippen LogP contribution in [-0.2, 0) is 11.2 Å². The molecule has 0 saturated carbocycles. The van der Waals surface area contributed by atoms with Crippen LogP contribution in [-0.4, -0.2) is 28.0 Å². The number of hydrogen-bond donors (Lipinski definition) is 1. The van der Waals surface area contributed by atoms with E-state index in [1.54, 1.807) is 33.8 Å². The Bertz CT molecular complexity index is 898. The third-order valence-electron chi connectivity index (χ3n) is 4.05. The number of aryl methyl sites for hydroxylation is 1. The predicted molar refractivity (Wildman–Crippen MR) is 99.3 cm³/mol. The van der Waals surface area contributed by atoms with E-state index in [0.717, 1.165) is 0 Å². The quantitative estimate of drug-likeness (QED) is 0.749. The highest BCUT2D eigenvalue weighted by atomic mass is 19.4. The maximum atomic E-state index is 12.6. The number of nitrogens with zero attached hydrogens (tertiary/aromatic N) is 2. The van der Waals surface area contributed by atoms with E-state index in [0.29, 0.717) is 11.3 Å². The van der Waals surface area contributed by atoms with Crippen LogP contribution in [0.3, 0.4) is 0 Å². The van der Waals surface area contributed by atoms with Gasteiger partial charge in [-0.15, -0.1) is 13.2 Å². The van der Waals surface area contributed by atoms with Gasteiger partial charge < -0.3 is 10.1 Å². The zero-order valence-corrected chi connectivity index (χ0v) is 16.5. The van der Waals surface area contributed by atoms with Gasteiger partial charge in [0.2, 0.25) is 0 Å². The van der Waals surface area contributed by atoms with Gasteiger partial charge in [-0.1, -0.05) is 26.0 Å². The molecule has 1 unspecified atom stereocenters. The summed E-state index contributed by atoms with van der Waals surface area (Å²) in [4.78, 5) is 32.8. The molecule has 0 bridgehead atoms. The number of rotatable bonds is 7. The lowest BCUT2D eigenvalue weighted by Gasteiger charge is -2.16. The van der Waals surface area contributed by atoms with E-state index in [-0.39, 0.29) is 35.4 Å². The van der Waals surface area contributed by atoms with Crippen LogP contribution in [0.4, 0.5) is 13.2 Å². The van der Waals surface area contributed by atoms with Crippen LogP contribution >= 0.6 is 0 Å². The fourth-order valence-electron chi connectivity index (χ4n) is 2.52. The van der Waals surface area contributed by atoms with E-state index < -0.39 is 18.3 Å². The van der Waals surface area contributed by atoms with Crippen molar-refractivity contribution in [3.63, 3.8) is 0 Å². The van der Waals surface area contributed by atoms with Crippen LogP contribution in [0.2, 0.25) is 0 Å². The number of carbonyl (C=O) groups excluding carboxylic acids is 2. The first-order valence-electron chi connectivity index (χ1n) is 8.98. The number of amides is 1. The lowest BCUT2D eigenvalue weighted by molar-refractivity contribution is -0.274. The molecule has 0 aliphatic heterocycles. The van der Waals surface area contributed by atoms with Crippen LogP contribution in [0, 0.1) is 12.8 Å². The number of aromatic nitrogens is 2. The van der Waals surface area contributed by atoms with Crippen molar-refractivity contribution in [3.05, 3.63) is 53.1 Å².